The number of carboxylic acids is 1. The van der Waals surface area contributed by atoms with Gasteiger partial charge < -0.3 is 5.11 Å². The van der Waals surface area contributed by atoms with Crippen molar-refractivity contribution in [2.75, 3.05) is 11.0 Å². The lowest BCUT2D eigenvalue weighted by Crippen LogP contribution is -2.13. The molecule has 148 valence electrons. The van der Waals surface area contributed by atoms with Gasteiger partial charge in [-0.3, -0.25) is 9.52 Å². The first-order valence-corrected chi connectivity index (χ1v) is 12.4. The molecule has 3 aromatic rings. The third kappa shape index (κ3) is 4.51. The second-order valence-electron chi connectivity index (χ2n) is 5.53. The van der Waals surface area contributed by atoms with Gasteiger partial charge in [0.25, 0.3) is 10.0 Å². The minimum absolute atomic E-state index is 0.119. The Labute approximate surface area is 174 Å². The van der Waals surface area contributed by atoms with Gasteiger partial charge in [-0.1, -0.05) is 18.7 Å². The van der Waals surface area contributed by atoms with Crippen molar-refractivity contribution in [3.05, 3.63) is 35.5 Å². The van der Waals surface area contributed by atoms with E-state index in [4.69, 9.17) is 0 Å². The molecule has 28 heavy (non-hydrogen) atoms. The van der Waals surface area contributed by atoms with Crippen molar-refractivity contribution in [1.29, 1.82) is 0 Å². The first kappa shape index (κ1) is 20.7. The minimum Gasteiger partial charge on any atom is -0.481 e. The number of thiazole rings is 1. The summed E-state index contributed by atoms with van der Waals surface area (Å²) in [6.45, 7) is 1.74. The van der Waals surface area contributed by atoms with E-state index in [0.29, 0.717) is 27.8 Å². The predicted molar refractivity (Wildman–Crippen MR) is 111 cm³/mol. The number of anilines is 1. The SMILES string of the molecule is CCC(C(=O)O)c1csc(NS(=O)(=O)c2ccc(-c3ccnc(SC)n3)s2)n1. The number of thioether (sulfide) groups is 1. The number of aliphatic carboxylic acids is 1. The first-order chi connectivity index (χ1) is 13.3. The lowest BCUT2D eigenvalue weighted by Gasteiger charge is -2.05. The second-order valence-corrected chi connectivity index (χ2v) is 10.2. The van der Waals surface area contributed by atoms with E-state index in [1.807, 2.05) is 6.26 Å². The molecular formula is C16H16N4O4S4. The van der Waals surface area contributed by atoms with Crippen molar-refractivity contribution in [3.63, 3.8) is 0 Å². The molecule has 8 nitrogen and oxygen atoms in total. The summed E-state index contributed by atoms with van der Waals surface area (Å²) in [5.41, 5.74) is 0.990. The highest BCUT2D eigenvalue weighted by Crippen LogP contribution is 2.32. The predicted octanol–water partition coefficient (Wildman–Crippen LogP) is 3.76. The number of thiophene rings is 1. The highest BCUT2D eigenvalue weighted by atomic mass is 32.2. The van der Waals surface area contributed by atoms with Crippen LogP contribution in [0, 0.1) is 0 Å². The van der Waals surface area contributed by atoms with Crippen LogP contribution in [0.15, 0.2) is 39.1 Å². The van der Waals surface area contributed by atoms with Crippen LogP contribution in [-0.4, -0.2) is 40.7 Å². The molecule has 0 bridgehead atoms. The number of sulfonamides is 1. The van der Waals surface area contributed by atoms with Crippen molar-refractivity contribution in [3.8, 4) is 10.6 Å². The summed E-state index contributed by atoms with van der Waals surface area (Å²) in [5.74, 6) is -1.74. The molecule has 3 rings (SSSR count). The van der Waals surface area contributed by atoms with Crippen molar-refractivity contribution >= 4 is 55.6 Å². The van der Waals surface area contributed by atoms with Gasteiger partial charge in [-0.25, -0.2) is 23.4 Å². The average molecular weight is 457 g/mol. The number of nitrogens with zero attached hydrogens (tertiary/aromatic N) is 3. The van der Waals surface area contributed by atoms with Crippen molar-refractivity contribution in [2.24, 2.45) is 0 Å². The van der Waals surface area contributed by atoms with Crippen LogP contribution >= 0.6 is 34.4 Å². The minimum atomic E-state index is -3.84. The maximum atomic E-state index is 12.7. The molecule has 0 fully saturated rings. The molecule has 0 amide bonds. The van der Waals surface area contributed by atoms with Crippen LogP contribution in [0.3, 0.4) is 0 Å². The molecule has 0 aromatic carbocycles. The molecule has 3 heterocycles. The Morgan fingerprint density at radius 3 is 2.79 bits per heavy atom. The van der Waals surface area contributed by atoms with Crippen LogP contribution in [-0.2, 0) is 14.8 Å². The van der Waals surface area contributed by atoms with Gasteiger partial charge in [-0.2, -0.15) is 0 Å². The second kappa shape index (κ2) is 8.55. The maximum absolute atomic E-state index is 12.7. The van der Waals surface area contributed by atoms with Crippen LogP contribution in [0.4, 0.5) is 5.13 Å². The van der Waals surface area contributed by atoms with E-state index in [2.05, 4.69) is 19.7 Å². The topological polar surface area (TPSA) is 122 Å². The van der Waals surface area contributed by atoms with Crippen molar-refractivity contribution < 1.29 is 18.3 Å². The zero-order valence-electron chi connectivity index (χ0n) is 14.8. The van der Waals surface area contributed by atoms with Gasteiger partial charge in [0, 0.05) is 11.6 Å². The molecule has 2 N–H and O–H groups in total. The Kier molecular flexibility index (Phi) is 6.33. The lowest BCUT2D eigenvalue weighted by atomic mass is 10.0. The number of carbonyl (C=O) groups is 1. The molecule has 0 radical (unpaired) electrons. The van der Waals surface area contributed by atoms with Crippen LogP contribution in [0.2, 0.25) is 0 Å². The zero-order chi connectivity index (χ0) is 20.3. The van der Waals surface area contributed by atoms with Crippen LogP contribution in [0.5, 0.6) is 0 Å². The van der Waals surface area contributed by atoms with Gasteiger partial charge in [-0.05, 0) is 30.9 Å². The molecule has 1 unspecified atom stereocenters. The summed E-state index contributed by atoms with van der Waals surface area (Å²) >= 11 is 3.55. The smallest absolute Gasteiger partial charge is 0.312 e. The largest absolute Gasteiger partial charge is 0.481 e. The average Bonchev–Trinajstić information content (AvgIpc) is 3.32. The third-order valence-corrected chi connectivity index (χ3v) is 8.13. The van der Waals surface area contributed by atoms with E-state index in [1.54, 1.807) is 30.6 Å². The molecule has 3 aromatic heterocycles. The van der Waals surface area contributed by atoms with Crippen LogP contribution < -0.4 is 4.72 Å². The van der Waals surface area contributed by atoms with Gasteiger partial charge >= 0.3 is 5.97 Å². The summed E-state index contributed by atoms with van der Waals surface area (Å²) in [5, 5.41) is 11.5. The van der Waals surface area contributed by atoms with Gasteiger partial charge in [-0.15, -0.1) is 22.7 Å². The molecule has 0 saturated carbocycles. The fourth-order valence-corrected chi connectivity index (χ4v) is 6.00. The number of nitrogens with one attached hydrogen (secondary N) is 1. The van der Waals surface area contributed by atoms with Gasteiger partial charge in [0.15, 0.2) is 10.3 Å². The van der Waals surface area contributed by atoms with Gasteiger partial charge in [0.1, 0.15) is 4.21 Å². The highest BCUT2D eigenvalue weighted by Gasteiger charge is 2.23. The third-order valence-electron chi connectivity index (χ3n) is 3.72. The maximum Gasteiger partial charge on any atom is 0.312 e. The summed E-state index contributed by atoms with van der Waals surface area (Å²) in [6, 6.07) is 4.92. The first-order valence-electron chi connectivity index (χ1n) is 8.02. The van der Waals surface area contributed by atoms with Crippen LogP contribution in [0.25, 0.3) is 10.6 Å². The summed E-state index contributed by atoms with van der Waals surface area (Å²) in [4.78, 5) is 24.6. The number of rotatable bonds is 8. The fourth-order valence-electron chi connectivity index (χ4n) is 2.35. The van der Waals surface area contributed by atoms with E-state index in [0.717, 1.165) is 22.7 Å². The van der Waals surface area contributed by atoms with Gasteiger partial charge in [0.2, 0.25) is 0 Å². The number of carboxylic acid groups (broad SMARTS) is 1. The van der Waals surface area contributed by atoms with E-state index < -0.39 is 21.9 Å². The lowest BCUT2D eigenvalue weighted by molar-refractivity contribution is -0.138. The van der Waals surface area contributed by atoms with Crippen molar-refractivity contribution in [2.45, 2.75) is 28.6 Å². The molecule has 0 spiro atoms. The molecule has 12 heteroatoms. The monoisotopic (exact) mass is 456 g/mol. The summed E-state index contributed by atoms with van der Waals surface area (Å²) in [6.07, 6.45) is 3.86. The number of hydrogen-bond donors (Lipinski definition) is 2. The molecule has 0 aliphatic heterocycles. The van der Waals surface area contributed by atoms with E-state index in [9.17, 15) is 18.3 Å². The van der Waals surface area contributed by atoms with Crippen LogP contribution in [0.1, 0.15) is 25.0 Å². The van der Waals surface area contributed by atoms with E-state index >= 15 is 0 Å². The zero-order valence-corrected chi connectivity index (χ0v) is 18.1. The molecular weight excluding hydrogens is 440 g/mol. The Morgan fingerprint density at radius 2 is 2.11 bits per heavy atom. The Balaban J connectivity index is 1.81. The fraction of sp³-hybridized carbons (Fsp3) is 0.250. The Bertz CT molecular complexity index is 1090. The number of aromatic nitrogens is 3. The summed E-state index contributed by atoms with van der Waals surface area (Å²) in [7, 11) is -3.84. The molecule has 0 aliphatic carbocycles. The van der Waals surface area contributed by atoms with E-state index in [-0.39, 0.29) is 9.34 Å². The van der Waals surface area contributed by atoms with E-state index in [1.165, 1.54) is 17.8 Å². The quantitative estimate of drug-likeness (QED) is 0.388. The number of hydrogen-bond acceptors (Lipinski definition) is 9. The Morgan fingerprint density at radius 1 is 1.32 bits per heavy atom. The van der Waals surface area contributed by atoms with Crippen molar-refractivity contribution in [1.82, 2.24) is 15.0 Å². The standard InChI is InChI=1S/C16H16N4O4S4/c1-3-9(14(21)22)11-8-26-16(19-11)20-28(23,24)13-5-4-12(27-13)10-6-7-17-15(18-10)25-2/h4-9H,3H2,1-2H3,(H,19,20)(H,21,22). The molecule has 0 aliphatic rings. The summed E-state index contributed by atoms with van der Waals surface area (Å²) < 4.78 is 27.9. The molecule has 0 saturated heterocycles. The van der Waals surface area contributed by atoms with Gasteiger partial charge in [0.05, 0.1) is 22.2 Å². The Hall–Kier alpha value is -2.02. The highest BCUT2D eigenvalue weighted by molar-refractivity contribution is 7.98. The normalized spacial score (nSPS) is 12.6. The molecule has 1 atom stereocenters.